The quantitative estimate of drug-likeness (QED) is 0.451. The zero-order valence-electron chi connectivity index (χ0n) is 7.79. The number of phenolic OH excluding ortho intramolecular Hbond substituents is 1. The summed E-state index contributed by atoms with van der Waals surface area (Å²) in [7, 11) is 0. The summed E-state index contributed by atoms with van der Waals surface area (Å²) in [5.74, 6) is 0.324. The first kappa shape index (κ1) is 10.7. The predicted octanol–water partition coefficient (Wildman–Crippen LogP) is -0.560. The number of nitrogens with two attached hydrogens (primary N) is 1. The molecule has 0 bridgehead atoms. The molecule has 0 saturated carbocycles. The van der Waals surface area contributed by atoms with Crippen molar-refractivity contribution in [1.82, 2.24) is 0 Å². The molecule has 0 amide bonds. The predicted molar refractivity (Wildman–Crippen MR) is 54.8 cm³/mol. The van der Waals surface area contributed by atoms with Gasteiger partial charge in [0.2, 0.25) is 0 Å². The molecule has 0 saturated heterocycles. The van der Waals surface area contributed by atoms with E-state index in [0.717, 1.165) is 16.3 Å². The number of halogens is 1. The molecule has 14 heavy (non-hydrogen) atoms. The summed E-state index contributed by atoms with van der Waals surface area (Å²) in [5.41, 5.74) is 7.34. The first-order valence-corrected chi connectivity index (χ1v) is 4.17. The highest BCUT2D eigenvalue weighted by molar-refractivity contribution is 5.97. The molecule has 2 aromatic rings. The molecule has 0 aliphatic carbocycles. The van der Waals surface area contributed by atoms with Crippen molar-refractivity contribution in [2.45, 2.75) is 6.92 Å². The van der Waals surface area contributed by atoms with Crippen LogP contribution >= 0.6 is 0 Å². The lowest BCUT2D eigenvalue weighted by atomic mass is 10.0. The zero-order chi connectivity index (χ0) is 9.42. The summed E-state index contributed by atoms with van der Waals surface area (Å²) in [6.45, 7) is 1.85. The molecular weight excluding hydrogens is 198 g/mol. The molecule has 3 N–H and O–H groups in total. The van der Waals surface area contributed by atoms with Crippen molar-refractivity contribution < 1.29 is 17.5 Å². The Morgan fingerprint density at radius 3 is 2.36 bits per heavy atom. The second-order valence-corrected chi connectivity index (χ2v) is 3.18. The number of aryl methyl sites for hydroxylation is 1. The first-order valence-electron chi connectivity index (χ1n) is 4.17. The smallest absolute Gasteiger partial charge is 0.126 e. The van der Waals surface area contributed by atoms with Crippen molar-refractivity contribution in [2.75, 3.05) is 5.73 Å². The van der Waals surface area contributed by atoms with Crippen molar-refractivity contribution in [3.63, 3.8) is 0 Å². The van der Waals surface area contributed by atoms with Crippen LogP contribution in [0.2, 0.25) is 0 Å². The summed E-state index contributed by atoms with van der Waals surface area (Å²) in [6.07, 6.45) is 0. The Hall–Kier alpha value is -1.41. The zero-order valence-corrected chi connectivity index (χ0v) is 8.55. The van der Waals surface area contributed by atoms with Gasteiger partial charge in [-0.15, -0.1) is 0 Å². The van der Waals surface area contributed by atoms with Crippen LogP contribution in [-0.4, -0.2) is 5.11 Å². The van der Waals surface area contributed by atoms with Gasteiger partial charge in [-0.3, -0.25) is 0 Å². The van der Waals surface area contributed by atoms with Crippen LogP contribution in [0.3, 0.4) is 0 Å². The molecule has 0 fully saturated rings. The fourth-order valence-electron chi connectivity index (χ4n) is 1.53. The summed E-state index contributed by atoms with van der Waals surface area (Å²) < 4.78 is 0. The lowest BCUT2D eigenvalue weighted by Gasteiger charge is -2.06. The fraction of sp³-hybridized carbons (Fsp3) is 0.0909. The second-order valence-electron chi connectivity index (χ2n) is 3.18. The van der Waals surface area contributed by atoms with Gasteiger partial charge in [0, 0.05) is 16.5 Å². The maximum absolute atomic E-state index is 9.73. The molecule has 0 aliphatic rings. The van der Waals surface area contributed by atoms with E-state index in [4.69, 9.17) is 5.73 Å². The topological polar surface area (TPSA) is 46.2 Å². The maximum atomic E-state index is 9.73. The molecule has 2 rings (SSSR count). The largest absolute Gasteiger partial charge is 1.00 e. The van der Waals surface area contributed by atoms with E-state index in [1.54, 1.807) is 6.07 Å². The number of nitrogen functional groups attached to an aromatic ring is 1. The van der Waals surface area contributed by atoms with Gasteiger partial charge in [0.15, 0.2) is 0 Å². The van der Waals surface area contributed by atoms with Gasteiger partial charge < -0.3 is 23.2 Å². The molecule has 0 atom stereocenters. The van der Waals surface area contributed by atoms with Crippen molar-refractivity contribution >= 4 is 16.5 Å². The number of hydrogen-bond acceptors (Lipinski definition) is 2. The average molecular weight is 209 g/mol. The van der Waals surface area contributed by atoms with Crippen LogP contribution in [0.25, 0.3) is 10.8 Å². The number of phenols is 1. The van der Waals surface area contributed by atoms with Crippen LogP contribution in [0.15, 0.2) is 30.3 Å². The molecule has 0 aromatic heterocycles. The third-order valence-electron chi connectivity index (χ3n) is 2.24. The van der Waals surface area contributed by atoms with E-state index in [1.165, 1.54) is 0 Å². The number of fused-ring (bicyclic) bond motifs is 1. The minimum Gasteiger partial charge on any atom is -1.00 e. The Kier molecular flexibility index (Phi) is 2.87. The van der Waals surface area contributed by atoms with Crippen LogP contribution in [-0.2, 0) is 0 Å². The summed E-state index contributed by atoms with van der Waals surface area (Å²) in [6, 6.07) is 9.36. The second kappa shape index (κ2) is 3.76. The van der Waals surface area contributed by atoms with Crippen molar-refractivity contribution in [2.24, 2.45) is 0 Å². The Balaban J connectivity index is 0.000000980. The van der Waals surface area contributed by atoms with E-state index in [2.05, 4.69) is 0 Å². The first-order chi connectivity index (χ1) is 6.20. The lowest BCUT2D eigenvalue weighted by Crippen LogP contribution is -3.00. The molecule has 3 heteroatoms. The highest BCUT2D eigenvalue weighted by atomic mass is 35.5. The maximum Gasteiger partial charge on any atom is 0.126 e. The molecular formula is C11H11ClNO-. The minimum atomic E-state index is 0. The van der Waals surface area contributed by atoms with Gasteiger partial charge in [-0.05, 0) is 18.6 Å². The number of benzene rings is 2. The molecule has 0 heterocycles. The van der Waals surface area contributed by atoms with Gasteiger partial charge in [0.25, 0.3) is 0 Å². The number of aromatic hydroxyl groups is 1. The van der Waals surface area contributed by atoms with Crippen molar-refractivity contribution in [1.29, 1.82) is 0 Å². The molecule has 0 aliphatic heterocycles. The van der Waals surface area contributed by atoms with E-state index in [-0.39, 0.29) is 12.4 Å². The van der Waals surface area contributed by atoms with Crippen molar-refractivity contribution in [3.05, 3.63) is 35.9 Å². The monoisotopic (exact) mass is 208 g/mol. The summed E-state index contributed by atoms with van der Waals surface area (Å²) in [4.78, 5) is 0. The normalized spacial score (nSPS) is 9.79. The third kappa shape index (κ3) is 1.49. The average Bonchev–Trinajstić information content (AvgIpc) is 2.15. The molecule has 0 radical (unpaired) electrons. The Morgan fingerprint density at radius 1 is 1.14 bits per heavy atom. The van der Waals surface area contributed by atoms with E-state index in [9.17, 15) is 5.11 Å². The lowest BCUT2D eigenvalue weighted by molar-refractivity contribution is -0.00000356. The third-order valence-corrected chi connectivity index (χ3v) is 2.24. The summed E-state index contributed by atoms with van der Waals surface area (Å²) >= 11 is 0. The Labute approximate surface area is 88.8 Å². The highest BCUT2D eigenvalue weighted by Crippen LogP contribution is 2.32. The van der Waals surface area contributed by atoms with Gasteiger partial charge >= 0.3 is 0 Å². The van der Waals surface area contributed by atoms with E-state index in [1.807, 2.05) is 31.2 Å². The molecule has 2 aromatic carbocycles. The van der Waals surface area contributed by atoms with Crippen LogP contribution in [0.4, 0.5) is 5.69 Å². The van der Waals surface area contributed by atoms with Gasteiger partial charge in [0.1, 0.15) is 5.75 Å². The summed E-state index contributed by atoms with van der Waals surface area (Å²) in [5, 5.41) is 11.5. The van der Waals surface area contributed by atoms with Gasteiger partial charge in [0.05, 0.1) is 0 Å². The Morgan fingerprint density at radius 2 is 1.71 bits per heavy atom. The van der Waals surface area contributed by atoms with E-state index in [0.29, 0.717) is 11.4 Å². The van der Waals surface area contributed by atoms with E-state index >= 15 is 0 Å². The van der Waals surface area contributed by atoms with Gasteiger partial charge in [-0.1, -0.05) is 24.3 Å². The highest BCUT2D eigenvalue weighted by Gasteiger charge is 2.04. The molecule has 2 nitrogen and oxygen atoms in total. The Bertz CT molecular complexity index is 468. The van der Waals surface area contributed by atoms with Crippen molar-refractivity contribution in [3.8, 4) is 5.75 Å². The van der Waals surface area contributed by atoms with Gasteiger partial charge in [-0.2, -0.15) is 0 Å². The molecule has 0 spiro atoms. The number of rotatable bonds is 0. The fourth-order valence-corrected chi connectivity index (χ4v) is 1.53. The standard InChI is InChI=1S/C11H11NO.ClH/c1-7-6-10(12)8-4-2-3-5-9(8)11(7)13;/h2-6,13H,12H2,1H3;1H/p-1. The van der Waals surface area contributed by atoms with E-state index < -0.39 is 0 Å². The SMILES string of the molecule is Cc1cc(N)c2ccccc2c1O.[Cl-]. The van der Waals surface area contributed by atoms with Crippen LogP contribution in [0, 0.1) is 6.92 Å². The van der Waals surface area contributed by atoms with Crippen LogP contribution in [0.5, 0.6) is 5.75 Å². The minimum absolute atomic E-state index is 0. The van der Waals surface area contributed by atoms with Gasteiger partial charge in [-0.25, -0.2) is 0 Å². The van der Waals surface area contributed by atoms with Crippen LogP contribution in [0.1, 0.15) is 5.56 Å². The molecule has 0 unspecified atom stereocenters. The number of anilines is 1. The number of hydrogen-bond donors (Lipinski definition) is 2. The van der Waals surface area contributed by atoms with Crippen LogP contribution < -0.4 is 18.1 Å². The molecule has 74 valence electrons.